The summed E-state index contributed by atoms with van der Waals surface area (Å²) in [6.45, 7) is 13.3. The van der Waals surface area contributed by atoms with Crippen molar-refractivity contribution in [1.82, 2.24) is 20.3 Å². The molecule has 0 aliphatic carbocycles. The molecule has 0 aliphatic heterocycles. The molecule has 0 spiro atoms. The van der Waals surface area contributed by atoms with E-state index in [1.807, 2.05) is 50.2 Å². The molecule has 4 aromatic rings. The molecule has 11 nitrogen and oxygen atoms in total. The van der Waals surface area contributed by atoms with E-state index in [0.717, 1.165) is 28.8 Å². The molecule has 4 rings (SSSR count). The highest BCUT2D eigenvalue weighted by atomic mass is 32.2. The summed E-state index contributed by atoms with van der Waals surface area (Å²) in [5, 5.41) is 13.0. The third kappa shape index (κ3) is 11.2. The average Bonchev–Trinajstić information content (AvgIpc) is 3.04. The molecule has 2 aromatic heterocycles. The number of carboxylic acid groups (broad SMARTS) is 1. The van der Waals surface area contributed by atoms with Crippen molar-refractivity contribution in [2.75, 3.05) is 24.5 Å². The number of aromatic nitrogens is 3. The molecule has 0 amide bonds. The average molecular weight is 674 g/mol. The Kier molecular flexibility index (Phi) is 12.8. The van der Waals surface area contributed by atoms with Gasteiger partial charge in [-0.05, 0) is 86.0 Å². The van der Waals surface area contributed by atoms with Crippen LogP contribution in [-0.4, -0.2) is 57.9 Å². The van der Waals surface area contributed by atoms with E-state index < -0.39 is 11.9 Å². The van der Waals surface area contributed by atoms with Crippen LogP contribution in [0.25, 0.3) is 11.3 Å². The van der Waals surface area contributed by atoms with Crippen LogP contribution in [0.4, 0.5) is 5.95 Å². The Labute approximate surface area is 286 Å². The number of rotatable bonds is 16. The minimum Gasteiger partial charge on any atom is -0.480 e. The molecule has 1 unspecified atom stereocenters. The van der Waals surface area contributed by atoms with Gasteiger partial charge in [-0.15, -0.1) is 0 Å². The van der Waals surface area contributed by atoms with Gasteiger partial charge in [0.05, 0.1) is 29.8 Å². The van der Waals surface area contributed by atoms with Crippen molar-refractivity contribution in [2.45, 2.75) is 65.4 Å². The third-order valence-corrected chi connectivity index (χ3v) is 7.88. The molecule has 2 aromatic carbocycles. The summed E-state index contributed by atoms with van der Waals surface area (Å²) in [7, 11) is 0. The minimum atomic E-state index is -0.993. The van der Waals surface area contributed by atoms with Crippen molar-refractivity contribution >= 4 is 29.8 Å². The molecule has 0 aliphatic rings. The monoisotopic (exact) mass is 673 g/mol. The number of ether oxygens (including phenoxy) is 3. The SMILES string of the molecule is CCOC(=O)COc1ccc(CNC(COc2cc(-c3c(C)cccc3C)nc(NSc3cccc(C(=O)O)c3)n2)CC(C)(C)C)nc1. The lowest BCUT2D eigenvalue weighted by molar-refractivity contribution is -0.145. The number of nitrogens with zero attached hydrogens (tertiary/aromatic N) is 3. The van der Waals surface area contributed by atoms with Gasteiger partial charge in [-0.25, -0.2) is 14.6 Å². The van der Waals surface area contributed by atoms with E-state index in [1.165, 1.54) is 11.9 Å². The van der Waals surface area contributed by atoms with Crippen LogP contribution in [0.15, 0.2) is 71.8 Å². The van der Waals surface area contributed by atoms with Crippen molar-refractivity contribution < 1.29 is 28.9 Å². The van der Waals surface area contributed by atoms with Crippen LogP contribution < -0.4 is 19.5 Å². The van der Waals surface area contributed by atoms with E-state index in [1.54, 1.807) is 37.4 Å². The summed E-state index contributed by atoms with van der Waals surface area (Å²) in [4.78, 5) is 37.7. The molecule has 0 saturated heterocycles. The number of carbonyl (C=O) groups excluding carboxylic acids is 1. The van der Waals surface area contributed by atoms with E-state index in [-0.39, 0.29) is 23.6 Å². The van der Waals surface area contributed by atoms with Gasteiger partial charge in [0.1, 0.15) is 12.4 Å². The van der Waals surface area contributed by atoms with E-state index in [2.05, 4.69) is 40.8 Å². The molecule has 0 saturated carbocycles. The van der Waals surface area contributed by atoms with Gasteiger partial charge in [-0.2, -0.15) is 4.98 Å². The lowest BCUT2D eigenvalue weighted by Gasteiger charge is -2.27. The predicted molar refractivity (Wildman–Crippen MR) is 186 cm³/mol. The lowest BCUT2D eigenvalue weighted by Crippen LogP contribution is -2.37. The Morgan fingerprint density at radius 2 is 1.73 bits per heavy atom. The van der Waals surface area contributed by atoms with Crippen LogP contribution in [0.1, 0.15) is 61.3 Å². The number of anilines is 1. The largest absolute Gasteiger partial charge is 0.480 e. The quantitative estimate of drug-likeness (QED) is 0.0841. The first-order valence-corrected chi connectivity index (χ1v) is 16.5. The summed E-state index contributed by atoms with van der Waals surface area (Å²) in [5.74, 6) is -0.183. The summed E-state index contributed by atoms with van der Waals surface area (Å²) in [6, 6.07) is 18.2. The summed E-state index contributed by atoms with van der Waals surface area (Å²) in [6.07, 6.45) is 2.41. The predicted octanol–water partition coefficient (Wildman–Crippen LogP) is 6.89. The molecular weight excluding hydrogens is 630 g/mol. The number of hydrogen-bond donors (Lipinski definition) is 3. The molecule has 48 heavy (non-hydrogen) atoms. The maximum absolute atomic E-state index is 11.6. The van der Waals surface area contributed by atoms with Crippen LogP contribution in [0.2, 0.25) is 0 Å². The number of benzene rings is 2. The Morgan fingerprint density at radius 1 is 0.979 bits per heavy atom. The van der Waals surface area contributed by atoms with Crippen molar-refractivity contribution in [2.24, 2.45) is 5.41 Å². The fourth-order valence-corrected chi connectivity index (χ4v) is 5.63. The lowest BCUT2D eigenvalue weighted by atomic mass is 9.88. The van der Waals surface area contributed by atoms with Crippen molar-refractivity contribution in [3.8, 4) is 22.9 Å². The number of aromatic carboxylic acids is 1. The summed E-state index contributed by atoms with van der Waals surface area (Å²) in [5.41, 5.74) is 4.88. The standard InChI is InChI=1S/C36H43N5O6S/c1-7-45-32(42)22-46-28-15-14-26(38-20-28)19-37-27(18-36(4,5)6)21-47-31-17-30(33-23(2)10-8-11-24(33)3)39-35(40-31)41-48-29-13-9-12-25(16-29)34(43)44/h8-17,20,27,37H,7,18-19,21-22H2,1-6H3,(H,43,44)(H,39,40,41). The van der Waals surface area contributed by atoms with E-state index in [9.17, 15) is 14.7 Å². The number of aryl methyl sites for hydroxylation is 2. The van der Waals surface area contributed by atoms with Gasteiger partial charge in [-0.1, -0.05) is 45.0 Å². The number of pyridine rings is 1. The molecule has 254 valence electrons. The number of hydrogen-bond acceptors (Lipinski definition) is 11. The summed E-state index contributed by atoms with van der Waals surface area (Å²) >= 11 is 1.23. The Hall–Kier alpha value is -4.68. The molecular formula is C36H43N5O6S. The fourth-order valence-electron chi connectivity index (χ4n) is 5.00. The molecule has 1 atom stereocenters. The topological polar surface area (TPSA) is 145 Å². The first kappa shape index (κ1) is 36.2. The minimum absolute atomic E-state index is 0.0161. The van der Waals surface area contributed by atoms with Gasteiger partial charge in [-0.3, -0.25) is 9.71 Å². The highest BCUT2D eigenvalue weighted by Crippen LogP contribution is 2.30. The van der Waals surface area contributed by atoms with Crippen LogP contribution in [0.3, 0.4) is 0 Å². The number of carboxylic acids is 1. The zero-order valence-corrected chi connectivity index (χ0v) is 29.0. The Bertz CT molecular complexity index is 1670. The second-order valence-corrected chi connectivity index (χ2v) is 13.3. The normalized spacial score (nSPS) is 11.9. The summed E-state index contributed by atoms with van der Waals surface area (Å²) < 4.78 is 19.9. The van der Waals surface area contributed by atoms with Gasteiger partial charge in [0, 0.05) is 29.1 Å². The Morgan fingerprint density at radius 3 is 2.40 bits per heavy atom. The number of esters is 1. The van der Waals surface area contributed by atoms with E-state index in [0.29, 0.717) is 47.9 Å². The zero-order valence-electron chi connectivity index (χ0n) is 28.2. The van der Waals surface area contributed by atoms with Crippen molar-refractivity contribution in [3.05, 3.63) is 89.2 Å². The van der Waals surface area contributed by atoms with Gasteiger partial charge < -0.3 is 24.6 Å². The van der Waals surface area contributed by atoms with Gasteiger partial charge in [0.2, 0.25) is 11.8 Å². The van der Waals surface area contributed by atoms with Crippen LogP contribution in [-0.2, 0) is 16.1 Å². The molecule has 0 fully saturated rings. The molecule has 3 N–H and O–H groups in total. The van der Waals surface area contributed by atoms with E-state index in [4.69, 9.17) is 19.2 Å². The highest BCUT2D eigenvalue weighted by Gasteiger charge is 2.21. The van der Waals surface area contributed by atoms with Crippen LogP contribution in [0, 0.1) is 19.3 Å². The molecule has 12 heteroatoms. The van der Waals surface area contributed by atoms with Crippen LogP contribution >= 0.6 is 11.9 Å². The zero-order chi connectivity index (χ0) is 34.7. The molecule has 0 radical (unpaired) electrons. The maximum atomic E-state index is 11.6. The van der Waals surface area contributed by atoms with Gasteiger partial charge in [0.25, 0.3) is 0 Å². The maximum Gasteiger partial charge on any atom is 0.344 e. The van der Waals surface area contributed by atoms with Gasteiger partial charge in [0.15, 0.2) is 6.61 Å². The van der Waals surface area contributed by atoms with Crippen LogP contribution in [0.5, 0.6) is 11.6 Å². The second kappa shape index (κ2) is 16.9. The number of nitrogens with one attached hydrogen (secondary N) is 2. The highest BCUT2D eigenvalue weighted by molar-refractivity contribution is 8.00. The van der Waals surface area contributed by atoms with E-state index >= 15 is 0 Å². The molecule has 0 bridgehead atoms. The second-order valence-electron chi connectivity index (χ2n) is 12.5. The number of carbonyl (C=O) groups is 2. The third-order valence-electron chi connectivity index (χ3n) is 7.10. The smallest absolute Gasteiger partial charge is 0.344 e. The van der Waals surface area contributed by atoms with Crippen molar-refractivity contribution in [3.63, 3.8) is 0 Å². The van der Waals surface area contributed by atoms with Gasteiger partial charge >= 0.3 is 11.9 Å². The first-order valence-electron chi connectivity index (χ1n) is 15.7. The Balaban J connectivity index is 1.50. The fraction of sp³-hybridized carbons (Fsp3) is 0.361. The first-order chi connectivity index (χ1) is 22.9. The molecule has 2 heterocycles. The van der Waals surface area contributed by atoms with Crippen molar-refractivity contribution in [1.29, 1.82) is 0 Å².